The maximum Gasteiger partial charge on any atom is 0.233 e. The van der Waals surface area contributed by atoms with Gasteiger partial charge in [0.1, 0.15) is 5.75 Å². The van der Waals surface area contributed by atoms with Crippen molar-refractivity contribution < 1.29 is 9.53 Å². The van der Waals surface area contributed by atoms with Gasteiger partial charge in [0.15, 0.2) is 11.0 Å². The Morgan fingerprint density at radius 2 is 1.68 bits per heavy atom. The zero-order valence-corrected chi connectivity index (χ0v) is 20.5. The molecule has 4 aromatic rings. The fraction of sp³-hybridized carbons (Fsp3) is 0.222. The van der Waals surface area contributed by atoms with Crippen molar-refractivity contribution in [2.75, 3.05) is 19.4 Å². The second kappa shape index (κ2) is 11.0. The van der Waals surface area contributed by atoms with E-state index in [1.807, 2.05) is 83.1 Å². The molecule has 34 heavy (non-hydrogen) atoms. The van der Waals surface area contributed by atoms with Crippen LogP contribution in [0.5, 0.6) is 5.75 Å². The van der Waals surface area contributed by atoms with Crippen molar-refractivity contribution in [2.24, 2.45) is 0 Å². The molecule has 174 valence electrons. The van der Waals surface area contributed by atoms with E-state index in [9.17, 15) is 4.79 Å². The number of para-hydroxylation sites is 1. The molecule has 1 heterocycles. The summed E-state index contributed by atoms with van der Waals surface area (Å²) in [7, 11) is 1.64. The molecule has 0 spiro atoms. The number of hydrogen-bond donors (Lipinski definition) is 0. The molecule has 1 aromatic heterocycles. The normalized spacial score (nSPS) is 10.8. The first-order chi connectivity index (χ1) is 16.6. The van der Waals surface area contributed by atoms with E-state index < -0.39 is 0 Å². The van der Waals surface area contributed by atoms with E-state index in [-0.39, 0.29) is 11.7 Å². The lowest BCUT2D eigenvalue weighted by molar-refractivity contribution is -0.128. The van der Waals surface area contributed by atoms with Crippen LogP contribution in [-0.2, 0) is 11.3 Å². The van der Waals surface area contributed by atoms with Gasteiger partial charge in [0.2, 0.25) is 5.91 Å². The first-order valence-electron chi connectivity index (χ1n) is 11.2. The van der Waals surface area contributed by atoms with E-state index in [0.29, 0.717) is 24.1 Å². The summed E-state index contributed by atoms with van der Waals surface area (Å²) in [5.74, 6) is 1.73. The van der Waals surface area contributed by atoms with Crippen LogP contribution in [0.3, 0.4) is 0 Å². The van der Waals surface area contributed by atoms with E-state index in [4.69, 9.17) is 4.74 Å². The number of aromatic nitrogens is 3. The fourth-order valence-corrected chi connectivity index (χ4v) is 4.55. The van der Waals surface area contributed by atoms with E-state index in [2.05, 4.69) is 29.3 Å². The number of hydrogen-bond acceptors (Lipinski definition) is 5. The summed E-state index contributed by atoms with van der Waals surface area (Å²) in [5.41, 5.74) is 4.06. The van der Waals surface area contributed by atoms with Gasteiger partial charge in [-0.1, -0.05) is 71.9 Å². The average molecular weight is 473 g/mol. The molecule has 0 aliphatic carbocycles. The zero-order chi connectivity index (χ0) is 23.9. The zero-order valence-electron chi connectivity index (χ0n) is 19.6. The SMILES string of the molecule is CCN(Cc1ccccc1)C(=O)CSc1nnc(-c2ccccc2OC)n1-c1ccc(C)cc1. The average Bonchev–Trinajstić information content (AvgIpc) is 3.30. The molecule has 0 aliphatic rings. The quantitative estimate of drug-likeness (QED) is 0.306. The lowest BCUT2D eigenvalue weighted by Gasteiger charge is -2.21. The first-order valence-corrected chi connectivity index (χ1v) is 12.2. The molecular formula is C27H28N4O2S. The number of amides is 1. The summed E-state index contributed by atoms with van der Waals surface area (Å²) < 4.78 is 7.56. The van der Waals surface area contributed by atoms with Gasteiger partial charge in [-0.15, -0.1) is 10.2 Å². The Morgan fingerprint density at radius 3 is 2.38 bits per heavy atom. The molecule has 0 fully saturated rings. The highest BCUT2D eigenvalue weighted by Gasteiger charge is 2.21. The van der Waals surface area contributed by atoms with Crippen LogP contribution in [0.15, 0.2) is 84.0 Å². The molecule has 0 saturated carbocycles. The first kappa shape index (κ1) is 23.6. The second-order valence-corrected chi connectivity index (χ2v) is 8.80. The number of ether oxygens (including phenoxy) is 1. The van der Waals surface area contributed by atoms with Crippen LogP contribution in [0, 0.1) is 6.92 Å². The molecule has 0 unspecified atom stereocenters. The number of carbonyl (C=O) groups excluding carboxylic acids is 1. The van der Waals surface area contributed by atoms with E-state index in [1.54, 1.807) is 7.11 Å². The van der Waals surface area contributed by atoms with Crippen molar-refractivity contribution in [3.05, 3.63) is 90.0 Å². The third-order valence-corrected chi connectivity index (χ3v) is 6.46. The highest BCUT2D eigenvalue weighted by Crippen LogP contribution is 2.33. The number of rotatable bonds is 9. The topological polar surface area (TPSA) is 60.3 Å². The molecule has 7 heteroatoms. The van der Waals surface area contributed by atoms with Crippen LogP contribution in [0.4, 0.5) is 0 Å². The number of benzene rings is 3. The number of methoxy groups -OCH3 is 1. The molecule has 1 amide bonds. The van der Waals surface area contributed by atoms with Crippen LogP contribution in [0.25, 0.3) is 17.1 Å². The Bertz CT molecular complexity index is 1240. The van der Waals surface area contributed by atoms with Crippen molar-refractivity contribution in [1.29, 1.82) is 0 Å². The maximum atomic E-state index is 13.0. The van der Waals surface area contributed by atoms with E-state index in [1.165, 1.54) is 17.3 Å². The van der Waals surface area contributed by atoms with Crippen molar-refractivity contribution in [3.63, 3.8) is 0 Å². The van der Waals surface area contributed by atoms with Gasteiger partial charge in [-0.05, 0) is 43.7 Å². The Morgan fingerprint density at radius 1 is 0.971 bits per heavy atom. The molecular weight excluding hydrogens is 444 g/mol. The van der Waals surface area contributed by atoms with Crippen LogP contribution in [0.1, 0.15) is 18.1 Å². The highest BCUT2D eigenvalue weighted by molar-refractivity contribution is 7.99. The number of nitrogens with zero attached hydrogens (tertiary/aromatic N) is 4. The van der Waals surface area contributed by atoms with Gasteiger partial charge in [0.05, 0.1) is 18.4 Å². The van der Waals surface area contributed by atoms with Gasteiger partial charge in [-0.25, -0.2) is 0 Å². The van der Waals surface area contributed by atoms with Crippen LogP contribution < -0.4 is 4.74 Å². The molecule has 6 nitrogen and oxygen atoms in total. The Hall–Kier alpha value is -3.58. The van der Waals surface area contributed by atoms with Crippen LogP contribution in [-0.4, -0.2) is 45.0 Å². The lowest BCUT2D eigenvalue weighted by atomic mass is 10.1. The predicted molar refractivity (Wildman–Crippen MR) is 136 cm³/mol. The molecule has 3 aromatic carbocycles. The minimum atomic E-state index is 0.0636. The smallest absolute Gasteiger partial charge is 0.233 e. The van der Waals surface area contributed by atoms with Crippen molar-refractivity contribution in [1.82, 2.24) is 19.7 Å². The lowest BCUT2D eigenvalue weighted by Crippen LogP contribution is -2.31. The molecule has 0 N–H and O–H groups in total. The van der Waals surface area contributed by atoms with Crippen molar-refractivity contribution in [3.8, 4) is 22.8 Å². The maximum absolute atomic E-state index is 13.0. The number of carbonyl (C=O) groups is 1. The largest absolute Gasteiger partial charge is 0.496 e. The van der Waals surface area contributed by atoms with Crippen molar-refractivity contribution >= 4 is 17.7 Å². The predicted octanol–water partition coefficient (Wildman–Crippen LogP) is 5.39. The van der Waals surface area contributed by atoms with Crippen LogP contribution in [0.2, 0.25) is 0 Å². The Labute approximate surface area is 204 Å². The molecule has 0 saturated heterocycles. The number of thioether (sulfide) groups is 1. The van der Waals surface area contributed by atoms with Crippen molar-refractivity contribution in [2.45, 2.75) is 25.5 Å². The summed E-state index contributed by atoms with van der Waals surface area (Å²) in [4.78, 5) is 14.9. The fourth-order valence-electron chi connectivity index (χ4n) is 3.69. The molecule has 0 aliphatic heterocycles. The third kappa shape index (κ3) is 5.31. The van der Waals surface area contributed by atoms with Crippen LogP contribution >= 0.6 is 11.8 Å². The summed E-state index contributed by atoms with van der Waals surface area (Å²) in [5, 5.41) is 9.61. The monoisotopic (exact) mass is 472 g/mol. The standard InChI is InChI=1S/C27H28N4O2S/c1-4-30(18-21-10-6-5-7-11-21)25(32)19-34-27-29-28-26(23-12-8-9-13-24(23)33-3)31(27)22-16-14-20(2)15-17-22/h5-17H,4,18-19H2,1-3H3. The van der Waals surface area contributed by atoms with Gasteiger partial charge in [0.25, 0.3) is 0 Å². The summed E-state index contributed by atoms with van der Waals surface area (Å²) in [6, 6.07) is 26.0. The van der Waals surface area contributed by atoms with Gasteiger partial charge >= 0.3 is 0 Å². The van der Waals surface area contributed by atoms with E-state index >= 15 is 0 Å². The molecule has 4 rings (SSSR count). The highest BCUT2D eigenvalue weighted by atomic mass is 32.2. The third-order valence-electron chi connectivity index (χ3n) is 5.55. The minimum Gasteiger partial charge on any atom is -0.496 e. The van der Waals surface area contributed by atoms with E-state index in [0.717, 1.165) is 22.6 Å². The minimum absolute atomic E-state index is 0.0636. The van der Waals surface area contributed by atoms with Gasteiger partial charge in [0, 0.05) is 18.8 Å². The molecule has 0 radical (unpaired) electrons. The second-order valence-electron chi connectivity index (χ2n) is 7.86. The number of aryl methyl sites for hydroxylation is 1. The Balaban J connectivity index is 1.62. The summed E-state index contributed by atoms with van der Waals surface area (Å²) >= 11 is 1.39. The van der Waals surface area contributed by atoms with Gasteiger partial charge in [-0.3, -0.25) is 9.36 Å². The van der Waals surface area contributed by atoms with Gasteiger partial charge in [-0.2, -0.15) is 0 Å². The molecule has 0 atom stereocenters. The Kier molecular flexibility index (Phi) is 7.65. The summed E-state index contributed by atoms with van der Waals surface area (Å²) in [6.07, 6.45) is 0. The summed E-state index contributed by atoms with van der Waals surface area (Å²) in [6.45, 7) is 5.29. The molecule has 0 bridgehead atoms. The van der Waals surface area contributed by atoms with Gasteiger partial charge < -0.3 is 9.64 Å².